The molecule has 0 aliphatic heterocycles. The molecular weight excluding hydrogens is 268 g/mol. The zero-order valence-electron chi connectivity index (χ0n) is 9.07. The smallest absolute Gasteiger partial charge is 0.184 e. The quantitative estimate of drug-likeness (QED) is 0.848. The van der Waals surface area contributed by atoms with E-state index in [4.69, 9.17) is 11.5 Å². The molecule has 0 saturated carbocycles. The van der Waals surface area contributed by atoms with Crippen molar-refractivity contribution >= 4 is 22.7 Å². The van der Waals surface area contributed by atoms with Gasteiger partial charge in [-0.1, -0.05) is 0 Å². The van der Waals surface area contributed by atoms with Crippen LogP contribution in [0, 0.1) is 22.7 Å². The second kappa shape index (κ2) is 4.44. The first-order chi connectivity index (χ1) is 8.58. The number of thiazole rings is 2. The minimum Gasteiger partial charge on any atom is -0.306 e. The van der Waals surface area contributed by atoms with Crippen LogP contribution in [0.2, 0.25) is 0 Å². The SMILES string of the molecule is N#CC(N)(c1cscn1)C(N)(C#N)c1cncs1. The number of aromatic nitrogens is 2. The van der Waals surface area contributed by atoms with E-state index in [1.807, 2.05) is 12.1 Å². The number of nitriles is 2. The molecule has 0 amide bonds. The molecule has 0 aliphatic rings. The van der Waals surface area contributed by atoms with Gasteiger partial charge in [-0.3, -0.25) is 4.98 Å². The molecule has 18 heavy (non-hydrogen) atoms. The van der Waals surface area contributed by atoms with Gasteiger partial charge in [-0.2, -0.15) is 10.5 Å². The molecule has 6 nitrogen and oxygen atoms in total. The number of nitrogens with two attached hydrogens (primary N) is 2. The number of rotatable bonds is 3. The first kappa shape index (κ1) is 12.6. The van der Waals surface area contributed by atoms with Crippen molar-refractivity contribution < 1.29 is 0 Å². The van der Waals surface area contributed by atoms with Gasteiger partial charge in [0.25, 0.3) is 0 Å². The Hall–Kier alpha value is -1.84. The fourth-order valence-corrected chi connectivity index (χ4v) is 2.86. The summed E-state index contributed by atoms with van der Waals surface area (Å²) in [6.07, 6.45) is 1.44. The third-order valence-corrected chi connectivity index (χ3v) is 4.13. The van der Waals surface area contributed by atoms with Crippen LogP contribution >= 0.6 is 22.7 Å². The Morgan fingerprint density at radius 2 is 1.89 bits per heavy atom. The Morgan fingerprint density at radius 1 is 1.17 bits per heavy atom. The first-order valence-electron chi connectivity index (χ1n) is 4.76. The summed E-state index contributed by atoms with van der Waals surface area (Å²) >= 11 is 2.47. The maximum Gasteiger partial charge on any atom is 0.184 e. The number of hydrogen-bond donors (Lipinski definition) is 2. The van der Waals surface area contributed by atoms with Gasteiger partial charge < -0.3 is 11.5 Å². The molecule has 8 heteroatoms. The van der Waals surface area contributed by atoms with Crippen LogP contribution in [0.1, 0.15) is 10.6 Å². The molecule has 0 fully saturated rings. The Kier molecular flexibility index (Phi) is 3.11. The van der Waals surface area contributed by atoms with E-state index < -0.39 is 11.1 Å². The molecule has 90 valence electrons. The van der Waals surface area contributed by atoms with E-state index in [-0.39, 0.29) is 5.69 Å². The number of nitrogens with zero attached hydrogens (tertiary/aromatic N) is 4. The minimum absolute atomic E-state index is 0.285. The topological polar surface area (TPSA) is 125 Å². The van der Waals surface area contributed by atoms with E-state index in [1.165, 1.54) is 34.4 Å². The monoisotopic (exact) mass is 276 g/mol. The highest BCUT2D eigenvalue weighted by molar-refractivity contribution is 7.09. The third kappa shape index (κ3) is 1.60. The van der Waals surface area contributed by atoms with Crippen LogP contribution < -0.4 is 11.5 Å². The average Bonchev–Trinajstić information content (AvgIpc) is 3.08. The predicted molar refractivity (Wildman–Crippen MR) is 67.2 cm³/mol. The maximum atomic E-state index is 9.37. The highest BCUT2D eigenvalue weighted by atomic mass is 32.1. The lowest BCUT2D eigenvalue weighted by atomic mass is 9.77. The summed E-state index contributed by atoms with van der Waals surface area (Å²) in [5, 5.41) is 20.4. The van der Waals surface area contributed by atoms with Crippen LogP contribution in [0.5, 0.6) is 0 Å². The van der Waals surface area contributed by atoms with Crippen molar-refractivity contribution in [1.82, 2.24) is 9.97 Å². The lowest BCUT2D eigenvalue weighted by molar-refractivity contribution is 0.366. The van der Waals surface area contributed by atoms with Crippen molar-refractivity contribution in [1.29, 1.82) is 10.5 Å². The van der Waals surface area contributed by atoms with Crippen LogP contribution in [0.4, 0.5) is 0 Å². The molecule has 2 rings (SSSR count). The van der Waals surface area contributed by atoms with Crippen LogP contribution in [-0.4, -0.2) is 9.97 Å². The molecule has 2 aromatic heterocycles. The molecule has 2 atom stereocenters. The third-order valence-electron chi connectivity index (χ3n) is 2.63. The van der Waals surface area contributed by atoms with Gasteiger partial charge in [0.05, 0.1) is 33.7 Å². The first-order valence-corrected chi connectivity index (χ1v) is 6.58. The van der Waals surface area contributed by atoms with Gasteiger partial charge in [0.15, 0.2) is 11.1 Å². The van der Waals surface area contributed by atoms with Gasteiger partial charge in [0.2, 0.25) is 0 Å². The highest BCUT2D eigenvalue weighted by Gasteiger charge is 2.52. The van der Waals surface area contributed by atoms with Crippen molar-refractivity contribution in [3.8, 4) is 12.1 Å². The summed E-state index contributed by atoms with van der Waals surface area (Å²) in [4.78, 5) is 8.31. The fraction of sp³-hybridized carbons (Fsp3) is 0.200. The molecule has 2 unspecified atom stereocenters. The Morgan fingerprint density at radius 3 is 2.33 bits per heavy atom. The van der Waals surface area contributed by atoms with E-state index >= 15 is 0 Å². The van der Waals surface area contributed by atoms with Crippen molar-refractivity contribution in [3.05, 3.63) is 33.2 Å². The maximum absolute atomic E-state index is 9.37. The number of hydrogen-bond acceptors (Lipinski definition) is 8. The van der Waals surface area contributed by atoms with Crippen molar-refractivity contribution in [3.63, 3.8) is 0 Å². The Bertz CT molecular complexity index is 552. The van der Waals surface area contributed by atoms with Crippen LogP contribution in [-0.2, 0) is 11.1 Å². The van der Waals surface area contributed by atoms with Gasteiger partial charge in [-0.25, -0.2) is 4.98 Å². The summed E-state index contributed by atoms with van der Waals surface area (Å²) in [5.74, 6) is 0. The van der Waals surface area contributed by atoms with Crippen LogP contribution in [0.25, 0.3) is 0 Å². The standard InChI is InChI=1S/C10H8N6S2/c11-3-9(13,7-2-17-6-16-7)10(14,4-12)8-1-15-5-18-8/h1-2,5-6H,13-14H2. The van der Waals surface area contributed by atoms with Crippen molar-refractivity contribution in [2.24, 2.45) is 11.5 Å². The average molecular weight is 276 g/mol. The lowest BCUT2D eigenvalue weighted by Gasteiger charge is -2.33. The lowest BCUT2D eigenvalue weighted by Crippen LogP contribution is -2.59. The molecule has 0 bridgehead atoms. The molecular formula is C10H8N6S2. The Labute approximate surface area is 111 Å². The molecule has 0 aliphatic carbocycles. The second-order valence-electron chi connectivity index (χ2n) is 3.58. The normalized spacial score (nSPS) is 17.1. The van der Waals surface area contributed by atoms with E-state index in [9.17, 15) is 10.5 Å². The van der Waals surface area contributed by atoms with E-state index in [0.717, 1.165) is 0 Å². The van der Waals surface area contributed by atoms with Crippen LogP contribution in [0.3, 0.4) is 0 Å². The summed E-state index contributed by atoms with van der Waals surface area (Å²) in [6.45, 7) is 0. The molecule has 0 radical (unpaired) electrons. The summed E-state index contributed by atoms with van der Waals surface area (Å²) in [5.41, 5.74) is 12.1. The predicted octanol–water partition coefficient (Wildman–Crippen LogP) is 0.655. The zero-order valence-corrected chi connectivity index (χ0v) is 10.7. The van der Waals surface area contributed by atoms with Gasteiger partial charge in [-0.05, 0) is 0 Å². The summed E-state index contributed by atoms with van der Waals surface area (Å²) < 4.78 is 0. The van der Waals surface area contributed by atoms with Gasteiger partial charge in [0.1, 0.15) is 0 Å². The van der Waals surface area contributed by atoms with Gasteiger partial charge >= 0.3 is 0 Å². The van der Waals surface area contributed by atoms with Crippen LogP contribution in [0.15, 0.2) is 22.6 Å². The van der Waals surface area contributed by atoms with E-state index in [2.05, 4.69) is 9.97 Å². The van der Waals surface area contributed by atoms with Crippen molar-refractivity contribution in [2.75, 3.05) is 0 Å². The van der Waals surface area contributed by atoms with E-state index in [0.29, 0.717) is 4.88 Å². The highest BCUT2D eigenvalue weighted by Crippen LogP contribution is 2.37. The molecule has 0 aromatic carbocycles. The Balaban J connectivity index is 2.64. The fourth-order valence-electron chi connectivity index (χ4n) is 1.50. The van der Waals surface area contributed by atoms with E-state index in [1.54, 1.807) is 10.9 Å². The van der Waals surface area contributed by atoms with Crippen molar-refractivity contribution in [2.45, 2.75) is 11.1 Å². The molecule has 2 heterocycles. The van der Waals surface area contributed by atoms with Gasteiger partial charge in [0, 0.05) is 11.6 Å². The zero-order chi connectivity index (χ0) is 13.2. The molecule has 0 saturated heterocycles. The summed E-state index contributed by atoms with van der Waals surface area (Å²) in [7, 11) is 0. The molecule has 4 N–H and O–H groups in total. The minimum atomic E-state index is -1.71. The molecule has 0 spiro atoms. The largest absolute Gasteiger partial charge is 0.306 e. The van der Waals surface area contributed by atoms with Gasteiger partial charge in [-0.15, -0.1) is 22.7 Å². The summed E-state index contributed by atoms with van der Waals surface area (Å²) in [6, 6.07) is 3.84. The second-order valence-corrected chi connectivity index (χ2v) is 5.18. The molecule has 2 aromatic rings.